The van der Waals surface area contributed by atoms with Gasteiger partial charge < -0.3 is 10.6 Å². The third kappa shape index (κ3) is 3.29. The minimum absolute atomic E-state index is 0. The van der Waals surface area contributed by atoms with Crippen molar-refractivity contribution in [1.29, 1.82) is 0 Å². The second kappa shape index (κ2) is 6.11. The zero-order valence-corrected chi connectivity index (χ0v) is 12.3. The molecule has 18 heavy (non-hydrogen) atoms. The maximum Gasteiger partial charge on any atom is 0.231 e. The van der Waals surface area contributed by atoms with E-state index in [1.54, 1.807) is 18.2 Å². The Morgan fingerprint density at radius 3 is 2.67 bits per heavy atom. The SMILES string of the molecule is CC1(C(=O)Nc2ccc(Cl)c(Cl)c2)CCNC1.Cl. The van der Waals surface area contributed by atoms with Gasteiger partial charge in [0, 0.05) is 12.2 Å². The van der Waals surface area contributed by atoms with Gasteiger partial charge in [-0.05, 0) is 38.1 Å². The van der Waals surface area contributed by atoms with Crippen LogP contribution in [0.5, 0.6) is 0 Å². The fourth-order valence-electron chi connectivity index (χ4n) is 1.87. The molecule has 0 aromatic heterocycles. The highest BCUT2D eigenvalue weighted by Crippen LogP contribution is 2.29. The van der Waals surface area contributed by atoms with Gasteiger partial charge in [0.2, 0.25) is 5.91 Å². The van der Waals surface area contributed by atoms with E-state index in [0.717, 1.165) is 13.0 Å². The monoisotopic (exact) mass is 308 g/mol. The van der Waals surface area contributed by atoms with Crippen LogP contribution in [0.4, 0.5) is 5.69 Å². The van der Waals surface area contributed by atoms with E-state index in [2.05, 4.69) is 10.6 Å². The summed E-state index contributed by atoms with van der Waals surface area (Å²) < 4.78 is 0. The van der Waals surface area contributed by atoms with Crippen LogP contribution in [-0.4, -0.2) is 19.0 Å². The molecule has 6 heteroatoms. The summed E-state index contributed by atoms with van der Waals surface area (Å²) in [5.74, 6) is 0.0147. The van der Waals surface area contributed by atoms with Gasteiger partial charge >= 0.3 is 0 Å². The van der Waals surface area contributed by atoms with Crippen molar-refractivity contribution in [3.05, 3.63) is 28.2 Å². The van der Waals surface area contributed by atoms with Crippen molar-refractivity contribution >= 4 is 47.2 Å². The van der Waals surface area contributed by atoms with Crippen LogP contribution < -0.4 is 10.6 Å². The average Bonchev–Trinajstić information content (AvgIpc) is 2.72. The number of anilines is 1. The second-order valence-corrected chi connectivity index (χ2v) is 5.38. The first-order valence-electron chi connectivity index (χ1n) is 5.48. The molecule has 0 aliphatic carbocycles. The Balaban J connectivity index is 0.00000162. The molecule has 2 rings (SSSR count). The predicted molar refractivity (Wildman–Crippen MR) is 77.9 cm³/mol. The van der Waals surface area contributed by atoms with Crippen molar-refractivity contribution in [2.75, 3.05) is 18.4 Å². The zero-order valence-electron chi connectivity index (χ0n) is 9.93. The van der Waals surface area contributed by atoms with Crippen molar-refractivity contribution in [2.24, 2.45) is 5.41 Å². The van der Waals surface area contributed by atoms with E-state index in [-0.39, 0.29) is 23.7 Å². The summed E-state index contributed by atoms with van der Waals surface area (Å²) in [5.41, 5.74) is 0.337. The number of hydrogen-bond acceptors (Lipinski definition) is 2. The van der Waals surface area contributed by atoms with E-state index < -0.39 is 0 Å². The number of carbonyl (C=O) groups is 1. The molecule has 0 spiro atoms. The highest BCUT2D eigenvalue weighted by molar-refractivity contribution is 6.42. The summed E-state index contributed by atoms with van der Waals surface area (Å²) in [5, 5.41) is 6.99. The number of benzene rings is 1. The number of carbonyl (C=O) groups excluding carboxylic acids is 1. The Kier molecular flexibility index (Phi) is 5.29. The molecule has 1 aromatic carbocycles. The second-order valence-electron chi connectivity index (χ2n) is 4.57. The first-order chi connectivity index (χ1) is 8.01. The molecule has 0 bridgehead atoms. The van der Waals surface area contributed by atoms with Crippen LogP contribution in [-0.2, 0) is 4.79 Å². The fraction of sp³-hybridized carbons (Fsp3) is 0.417. The minimum atomic E-state index is -0.341. The summed E-state index contributed by atoms with van der Waals surface area (Å²) in [7, 11) is 0. The molecular weight excluding hydrogens is 295 g/mol. The third-order valence-corrected chi connectivity index (χ3v) is 3.83. The van der Waals surface area contributed by atoms with Crippen LogP contribution in [0.3, 0.4) is 0 Å². The molecule has 1 saturated heterocycles. The molecular formula is C12H15Cl3N2O. The number of hydrogen-bond donors (Lipinski definition) is 2. The van der Waals surface area contributed by atoms with E-state index in [4.69, 9.17) is 23.2 Å². The van der Waals surface area contributed by atoms with E-state index in [1.807, 2.05) is 6.92 Å². The third-order valence-electron chi connectivity index (χ3n) is 3.09. The van der Waals surface area contributed by atoms with Crippen LogP contribution in [0.15, 0.2) is 18.2 Å². The lowest BCUT2D eigenvalue weighted by Crippen LogP contribution is -2.35. The normalized spacial score (nSPS) is 22.4. The van der Waals surface area contributed by atoms with Gasteiger partial charge in [-0.15, -0.1) is 12.4 Å². The van der Waals surface area contributed by atoms with Gasteiger partial charge in [0.1, 0.15) is 0 Å². The molecule has 1 unspecified atom stereocenters. The Bertz CT molecular complexity index is 445. The first-order valence-corrected chi connectivity index (χ1v) is 6.24. The van der Waals surface area contributed by atoms with Gasteiger partial charge in [-0.3, -0.25) is 4.79 Å². The lowest BCUT2D eigenvalue weighted by Gasteiger charge is -2.21. The zero-order chi connectivity index (χ0) is 12.5. The summed E-state index contributed by atoms with van der Waals surface area (Å²) >= 11 is 11.7. The maximum atomic E-state index is 12.1. The quantitative estimate of drug-likeness (QED) is 0.879. The van der Waals surface area contributed by atoms with E-state index in [1.165, 1.54) is 0 Å². The van der Waals surface area contributed by atoms with Gasteiger partial charge in [0.25, 0.3) is 0 Å². The topological polar surface area (TPSA) is 41.1 Å². The Morgan fingerprint density at radius 1 is 1.39 bits per heavy atom. The molecule has 1 fully saturated rings. The highest BCUT2D eigenvalue weighted by Gasteiger charge is 2.36. The Hall–Kier alpha value is -0.480. The van der Waals surface area contributed by atoms with Crippen LogP contribution >= 0.6 is 35.6 Å². The van der Waals surface area contributed by atoms with Crippen molar-refractivity contribution in [3.8, 4) is 0 Å². The highest BCUT2D eigenvalue weighted by atomic mass is 35.5. The predicted octanol–water partition coefficient (Wildman–Crippen LogP) is 3.35. The molecule has 0 radical (unpaired) electrons. The molecule has 2 N–H and O–H groups in total. The Labute approximate surface area is 123 Å². The summed E-state index contributed by atoms with van der Waals surface area (Å²) in [6.45, 7) is 3.55. The Morgan fingerprint density at radius 2 is 2.11 bits per heavy atom. The van der Waals surface area contributed by atoms with Crippen LogP contribution in [0.2, 0.25) is 10.0 Å². The standard InChI is InChI=1S/C12H14Cl2N2O.ClH/c1-12(4-5-15-7-12)11(17)16-8-2-3-9(13)10(14)6-8;/h2-3,6,15H,4-5,7H2,1H3,(H,16,17);1H. The van der Waals surface area contributed by atoms with Gasteiger partial charge in [0.15, 0.2) is 0 Å². The molecule has 1 amide bonds. The molecule has 1 atom stereocenters. The van der Waals surface area contributed by atoms with Crippen molar-refractivity contribution in [3.63, 3.8) is 0 Å². The summed E-state index contributed by atoms with van der Waals surface area (Å²) in [6.07, 6.45) is 0.847. The lowest BCUT2D eigenvalue weighted by atomic mass is 9.89. The summed E-state index contributed by atoms with van der Waals surface area (Å²) in [6, 6.07) is 5.08. The van der Waals surface area contributed by atoms with Crippen LogP contribution in [0.25, 0.3) is 0 Å². The molecule has 0 saturated carbocycles. The van der Waals surface area contributed by atoms with E-state index in [0.29, 0.717) is 22.3 Å². The van der Waals surface area contributed by atoms with Gasteiger partial charge in [0.05, 0.1) is 15.5 Å². The first kappa shape index (κ1) is 15.6. The summed E-state index contributed by atoms with van der Waals surface area (Å²) in [4.78, 5) is 12.1. The molecule has 1 aliphatic heterocycles. The van der Waals surface area contributed by atoms with Crippen molar-refractivity contribution in [2.45, 2.75) is 13.3 Å². The minimum Gasteiger partial charge on any atom is -0.326 e. The van der Waals surface area contributed by atoms with Gasteiger partial charge in [-0.1, -0.05) is 23.2 Å². The average molecular weight is 310 g/mol. The van der Waals surface area contributed by atoms with Crippen molar-refractivity contribution in [1.82, 2.24) is 5.32 Å². The van der Waals surface area contributed by atoms with E-state index >= 15 is 0 Å². The van der Waals surface area contributed by atoms with Crippen LogP contribution in [0.1, 0.15) is 13.3 Å². The lowest BCUT2D eigenvalue weighted by molar-refractivity contribution is -0.123. The molecule has 1 aromatic rings. The van der Waals surface area contributed by atoms with Gasteiger partial charge in [-0.2, -0.15) is 0 Å². The van der Waals surface area contributed by atoms with Crippen LogP contribution in [0, 0.1) is 5.41 Å². The molecule has 3 nitrogen and oxygen atoms in total. The molecule has 100 valence electrons. The fourth-order valence-corrected chi connectivity index (χ4v) is 2.16. The molecule has 1 aliphatic rings. The molecule has 1 heterocycles. The largest absolute Gasteiger partial charge is 0.326 e. The number of nitrogens with one attached hydrogen (secondary N) is 2. The van der Waals surface area contributed by atoms with Crippen molar-refractivity contribution < 1.29 is 4.79 Å². The number of halogens is 3. The smallest absolute Gasteiger partial charge is 0.231 e. The number of amides is 1. The number of rotatable bonds is 2. The maximum absolute atomic E-state index is 12.1. The van der Waals surface area contributed by atoms with Gasteiger partial charge in [-0.25, -0.2) is 0 Å². The van der Waals surface area contributed by atoms with E-state index in [9.17, 15) is 4.79 Å².